The molecule has 0 aliphatic rings. The van der Waals surface area contributed by atoms with Gasteiger partial charge in [-0.3, -0.25) is 10.0 Å². The lowest BCUT2D eigenvalue weighted by molar-refractivity contribution is -0.133. The molecule has 3 rings (SSSR count). The Kier molecular flexibility index (Phi) is 8.79. The summed E-state index contributed by atoms with van der Waals surface area (Å²) in [6, 6.07) is 13.6. The summed E-state index contributed by atoms with van der Waals surface area (Å²) < 4.78 is 35.1. The summed E-state index contributed by atoms with van der Waals surface area (Å²) in [5.41, 5.74) is 2.29. The van der Waals surface area contributed by atoms with E-state index in [4.69, 9.17) is 4.74 Å². The number of aromatic nitrogens is 2. The normalized spacial score (nSPS) is 12.1. The molecule has 2 aromatic carbocycles. The topological polar surface area (TPSA) is 114 Å². The van der Waals surface area contributed by atoms with Crippen molar-refractivity contribution in [2.75, 3.05) is 7.11 Å². The minimum absolute atomic E-state index is 0. The Bertz CT molecular complexity index is 1120. The highest BCUT2D eigenvalue weighted by Gasteiger charge is 2.37. The minimum atomic E-state index is -4.13. The number of benzene rings is 2. The Balaban J connectivity index is 0.00000363. The standard InChI is InChI=1S/C21H24N4O5S.ClH/c1-24-13-12-22-20(24)14-19(21(26)23-27)25(15-16-6-4-3-5-7-16)31(28,29)18-10-8-17(30-2)9-11-18;/h3-13,19,27H,14-15H2,1-2H3,(H,23,26);1H. The van der Waals surface area contributed by atoms with E-state index < -0.39 is 22.0 Å². The molecular formula is C21H25ClN4O5S. The maximum absolute atomic E-state index is 13.6. The third-order valence-corrected chi connectivity index (χ3v) is 6.77. The van der Waals surface area contributed by atoms with Crippen LogP contribution >= 0.6 is 12.4 Å². The molecule has 1 unspecified atom stereocenters. The van der Waals surface area contributed by atoms with Crippen molar-refractivity contribution in [3.63, 3.8) is 0 Å². The zero-order valence-corrected chi connectivity index (χ0v) is 19.2. The second-order valence-electron chi connectivity index (χ2n) is 6.86. The zero-order chi connectivity index (χ0) is 22.4. The van der Waals surface area contributed by atoms with Crippen molar-refractivity contribution in [1.29, 1.82) is 0 Å². The van der Waals surface area contributed by atoms with Crippen LogP contribution < -0.4 is 10.2 Å². The third-order valence-electron chi connectivity index (χ3n) is 4.90. The molecule has 9 nitrogen and oxygen atoms in total. The molecule has 1 amide bonds. The molecule has 1 aromatic heterocycles. The smallest absolute Gasteiger partial charge is 0.262 e. The van der Waals surface area contributed by atoms with Crippen molar-refractivity contribution < 1.29 is 23.2 Å². The van der Waals surface area contributed by atoms with Crippen molar-refractivity contribution in [2.45, 2.75) is 23.9 Å². The molecule has 0 radical (unpaired) electrons. The van der Waals surface area contributed by atoms with Gasteiger partial charge in [0.2, 0.25) is 10.0 Å². The van der Waals surface area contributed by atoms with E-state index in [9.17, 15) is 18.4 Å². The van der Waals surface area contributed by atoms with E-state index in [1.165, 1.54) is 31.4 Å². The molecule has 0 aliphatic heterocycles. The molecule has 0 saturated heterocycles. The number of ether oxygens (including phenoxy) is 1. The van der Waals surface area contributed by atoms with Gasteiger partial charge in [0.1, 0.15) is 17.6 Å². The Morgan fingerprint density at radius 1 is 1.19 bits per heavy atom. The third kappa shape index (κ3) is 5.65. The van der Waals surface area contributed by atoms with Gasteiger partial charge in [-0.25, -0.2) is 18.9 Å². The lowest BCUT2D eigenvalue weighted by Gasteiger charge is -2.29. The van der Waals surface area contributed by atoms with Gasteiger partial charge in [0.15, 0.2) is 0 Å². The fourth-order valence-electron chi connectivity index (χ4n) is 3.18. The van der Waals surface area contributed by atoms with Crippen LogP contribution in [0.4, 0.5) is 0 Å². The first-order valence-electron chi connectivity index (χ1n) is 9.46. The first-order chi connectivity index (χ1) is 14.9. The quantitative estimate of drug-likeness (QED) is 0.358. The summed E-state index contributed by atoms with van der Waals surface area (Å²) in [6.45, 7) is -0.0717. The predicted molar refractivity (Wildman–Crippen MR) is 120 cm³/mol. The number of carbonyl (C=O) groups is 1. The van der Waals surface area contributed by atoms with Gasteiger partial charge in [-0.15, -0.1) is 12.4 Å². The van der Waals surface area contributed by atoms with Gasteiger partial charge in [0.05, 0.1) is 12.0 Å². The van der Waals surface area contributed by atoms with Gasteiger partial charge in [0.25, 0.3) is 5.91 Å². The maximum atomic E-state index is 13.6. The molecule has 11 heteroatoms. The fourth-order valence-corrected chi connectivity index (χ4v) is 4.75. The van der Waals surface area contributed by atoms with Gasteiger partial charge in [-0.05, 0) is 29.8 Å². The number of hydrogen-bond acceptors (Lipinski definition) is 6. The molecule has 0 spiro atoms. The number of amides is 1. The van der Waals surface area contributed by atoms with Gasteiger partial charge in [-0.1, -0.05) is 30.3 Å². The molecular weight excluding hydrogens is 456 g/mol. The Hall–Kier alpha value is -2.92. The van der Waals surface area contributed by atoms with E-state index in [2.05, 4.69) is 4.98 Å². The van der Waals surface area contributed by atoms with Crippen molar-refractivity contribution >= 4 is 28.3 Å². The summed E-state index contributed by atoms with van der Waals surface area (Å²) in [7, 11) is -0.894. The monoisotopic (exact) mass is 480 g/mol. The first kappa shape index (κ1) is 25.3. The number of nitrogens with zero attached hydrogens (tertiary/aromatic N) is 3. The van der Waals surface area contributed by atoms with E-state index in [0.29, 0.717) is 17.1 Å². The van der Waals surface area contributed by atoms with Crippen LogP contribution in [0.25, 0.3) is 0 Å². The highest BCUT2D eigenvalue weighted by Crippen LogP contribution is 2.25. The summed E-state index contributed by atoms with van der Waals surface area (Å²) in [5, 5.41) is 9.36. The van der Waals surface area contributed by atoms with Crippen LogP contribution in [-0.2, 0) is 34.8 Å². The van der Waals surface area contributed by atoms with Crippen LogP contribution in [0.15, 0.2) is 71.9 Å². The number of methoxy groups -OCH3 is 1. The van der Waals surface area contributed by atoms with Crippen LogP contribution in [0.3, 0.4) is 0 Å². The van der Waals surface area contributed by atoms with E-state index in [1.54, 1.807) is 53.8 Å². The van der Waals surface area contributed by atoms with Crippen molar-refractivity contribution in [1.82, 2.24) is 19.3 Å². The zero-order valence-electron chi connectivity index (χ0n) is 17.6. The first-order valence-corrected chi connectivity index (χ1v) is 10.9. The molecule has 0 bridgehead atoms. The molecule has 0 aliphatic carbocycles. The Labute approximate surface area is 193 Å². The molecule has 0 fully saturated rings. The molecule has 32 heavy (non-hydrogen) atoms. The number of hydrogen-bond donors (Lipinski definition) is 2. The van der Waals surface area contributed by atoms with Gasteiger partial charge in [0, 0.05) is 32.4 Å². The molecule has 0 saturated carbocycles. The van der Waals surface area contributed by atoms with Gasteiger partial charge >= 0.3 is 0 Å². The molecule has 3 aromatic rings. The number of halogens is 1. The Morgan fingerprint density at radius 3 is 2.38 bits per heavy atom. The van der Waals surface area contributed by atoms with E-state index >= 15 is 0 Å². The average molecular weight is 481 g/mol. The van der Waals surface area contributed by atoms with Crippen LogP contribution in [0.1, 0.15) is 11.4 Å². The number of aryl methyl sites for hydroxylation is 1. The minimum Gasteiger partial charge on any atom is -0.497 e. The lowest BCUT2D eigenvalue weighted by atomic mass is 10.1. The molecule has 2 N–H and O–H groups in total. The van der Waals surface area contributed by atoms with E-state index in [0.717, 1.165) is 4.31 Å². The second-order valence-corrected chi connectivity index (χ2v) is 8.75. The molecule has 1 heterocycles. The number of rotatable bonds is 9. The van der Waals surface area contributed by atoms with Crippen LogP contribution in [0.5, 0.6) is 5.75 Å². The largest absolute Gasteiger partial charge is 0.497 e. The number of sulfonamides is 1. The molecule has 172 valence electrons. The van der Waals surface area contributed by atoms with Gasteiger partial charge < -0.3 is 9.30 Å². The summed E-state index contributed by atoms with van der Waals surface area (Å²) in [4.78, 5) is 16.8. The number of carbonyl (C=O) groups excluding carboxylic acids is 1. The van der Waals surface area contributed by atoms with E-state index in [1.807, 2.05) is 6.07 Å². The molecule has 1 atom stereocenters. The fraction of sp³-hybridized carbons (Fsp3) is 0.238. The summed E-state index contributed by atoms with van der Waals surface area (Å²) in [6.07, 6.45) is 3.23. The highest BCUT2D eigenvalue weighted by molar-refractivity contribution is 7.89. The van der Waals surface area contributed by atoms with Crippen molar-refractivity contribution in [2.24, 2.45) is 7.05 Å². The van der Waals surface area contributed by atoms with Crippen molar-refractivity contribution in [3.05, 3.63) is 78.4 Å². The van der Waals surface area contributed by atoms with Crippen LogP contribution in [0, 0.1) is 0 Å². The average Bonchev–Trinajstić information content (AvgIpc) is 3.20. The van der Waals surface area contributed by atoms with Crippen LogP contribution in [0.2, 0.25) is 0 Å². The number of imidazole rings is 1. The number of hydroxylamine groups is 1. The number of nitrogens with one attached hydrogen (secondary N) is 1. The van der Waals surface area contributed by atoms with Crippen molar-refractivity contribution in [3.8, 4) is 5.75 Å². The van der Waals surface area contributed by atoms with E-state index in [-0.39, 0.29) is 30.3 Å². The van der Waals surface area contributed by atoms with Crippen LogP contribution in [-0.4, -0.2) is 46.5 Å². The lowest BCUT2D eigenvalue weighted by Crippen LogP contribution is -2.50. The predicted octanol–water partition coefficient (Wildman–Crippen LogP) is 2.16. The summed E-state index contributed by atoms with van der Waals surface area (Å²) >= 11 is 0. The maximum Gasteiger partial charge on any atom is 0.262 e. The second kappa shape index (κ2) is 11.1. The van der Waals surface area contributed by atoms with Gasteiger partial charge in [-0.2, -0.15) is 4.31 Å². The summed E-state index contributed by atoms with van der Waals surface area (Å²) in [5.74, 6) is 0.152. The Morgan fingerprint density at radius 2 is 1.84 bits per heavy atom. The SMILES string of the molecule is COc1ccc(S(=O)(=O)N(Cc2ccccc2)C(Cc2nccn2C)C(=O)NO)cc1.Cl. The highest BCUT2D eigenvalue weighted by atomic mass is 35.5.